The summed E-state index contributed by atoms with van der Waals surface area (Å²) in [5, 5.41) is 3.57. The lowest BCUT2D eigenvalue weighted by molar-refractivity contribution is -0.126. The van der Waals surface area contributed by atoms with Crippen molar-refractivity contribution in [2.75, 3.05) is 11.4 Å². The van der Waals surface area contributed by atoms with Crippen molar-refractivity contribution >= 4 is 29.1 Å². The van der Waals surface area contributed by atoms with Gasteiger partial charge in [-0.05, 0) is 37.6 Å². The molecule has 1 aromatic rings. The van der Waals surface area contributed by atoms with E-state index in [0.717, 1.165) is 12.1 Å². The van der Waals surface area contributed by atoms with Crippen molar-refractivity contribution in [3.05, 3.63) is 29.3 Å². The molecule has 0 saturated carbocycles. The van der Waals surface area contributed by atoms with Crippen molar-refractivity contribution in [2.45, 2.75) is 32.7 Å². The Morgan fingerprint density at radius 1 is 1.45 bits per heavy atom. The van der Waals surface area contributed by atoms with Crippen LogP contribution >= 0.6 is 11.6 Å². The van der Waals surface area contributed by atoms with Gasteiger partial charge in [0.2, 0.25) is 11.8 Å². The first-order valence-corrected chi connectivity index (χ1v) is 7.25. The lowest BCUT2D eigenvalue weighted by Crippen LogP contribution is -2.38. The highest BCUT2D eigenvalue weighted by Gasteiger charge is 2.35. The monoisotopic (exact) mass is 294 g/mol. The molecule has 1 aliphatic rings. The Morgan fingerprint density at radius 2 is 2.10 bits per heavy atom. The van der Waals surface area contributed by atoms with Crippen LogP contribution in [0.1, 0.15) is 26.7 Å². The van der Waals surface area contributed by atoms with Gasteiger partial charge in [-0.15, -0.1) is 0 Å². The van der Waals surface area contributed by atoms with Crippen LogP contribution in [0.25, 0.3) is 0 Å². The zero-order chi connectivity index (χ0) is 14.7. The molecule has 1 saturated heterocycles. The Labute approximate surface area is 124 Å². The summed E-state index contributed by atoms with van der Waals surface area (Å²) in [4.78, 5) is 25.8. The minimum atomic E-state index is -0.271. The fourth-order valence-corrected chi connectivity index (χ4v) is 2.34. The Balaban J connectivity index is 2.03. The molecule has 0 unspecified atom stereocenters. The summed E-state index contributed by atoms with van der Waals surface area (Å²) >= 11 is 5.84. The molecule has 2 amide bonds. The number of rotatable bonds is 4. The van der Waals surface area contributed by atoms with Crippen LogP contribution in [0.5, 0.6) is 0 Å². The maximum absolute atomic E-state index is 12.1. The zero-order valence-corrected chi connectivity index (χ0v) is 12.5. The maximum atomic E-state index is 12.1. The van der Waals surface area contributed by atoms with E-state index in [2.05, 4.69) is 5.32 Å². The SMILES string of the molecule is CC[C@@H](C)NC(=O)[C@@H]1CC(=O)N(c2ccc(Cl)cc2)C1. The third-order valence-corrected chi connectivity index (χ3v) is 3.89. The summed E-state index contributed by atoms with van der Waals surface area (Å²) in [6, 6.07) is 7.24. The summed E-state index contributed by atoms with van der Waals surface area (Å²) in [6.45, 7) is 4.42. The van der Waals surface area contributed by atoms with Crippen LogP contribution in [0.3, 0.4) is 0 Å². The largest absolute Gasteiger partial charge is 0.353 e. The van der Waals surface area contributed by atoms with Gasteiger partial charge in [-0.1, -0.05) is 18.5 Å². The molecule has 1 fully saturated rings. The molecule has 0 aromatic heterocycles. The smallest absolute Gasteiger partial charge is 0.227 e. The van der Waals surface area contributed by atoms with Crippen molar-refractivity contribution in [1.82, 2.24) is 5.32 Å². The number of amides is 2. The first-order chi connectivity index (χ1) is 9.51. The second kappa shape index (κ2) is 6.27. The standard InChI is InChI=1S/C15H19ClN2O2/c1-3-10(2)17-15(20)11-8-14(19)18(9-11)13-6-4-12(16)5-7-13/h4-7,10-11H,3,8-9H2,1-2H3,(H,17,20)/t10-,11-/m1/s1. The van der Waals surface area contributed by atoms with E-state index in [1.165, 1.54) is 0 Å². The van der Waals surface area contributed by atoms with E-state index in [0.29, 0.717) is 11.6 Å². The number of benzene rings is 1. The van der Waals surface area contributed by atoms with Crippen molar-refractivity contribution in [1.29, 1.82) is 0 Å². The molecule has 5 heteroatoms. The van der Waals surface area contributed by atoms with Gasteiger partial charge in [-0.2, -0.15) is 0 Å². The number of nitrogens with zero attached hydrogens (tertiary/aromatic N) is 1. The highest BCUT2D eigenvalue weighted by molar-refractivity contribution is 6.30. The molecule has 0 aliphatic carbocycles. The Hall–Kier alpha value is -1.55. The molecule has 0 bridgehead atoms. The molecule has 1 aliphatic heterocycles. The van der Waals surface area contributed by atoms with Crippen molar-refractivity contribution in [2.24, 2.45) is 5.92 Å². The van der Waals surface area contributed by atoms with E-state index < -0.39 is 0 Å². The summed E-state index contributed by atoms with van der Waals surface area (Å²) in [5.41, 5.74) is 0.790. The van der Waals surface area contributed by atoms with E-state index in [1.807, 2.05) is 13.8 Å². The number of anilines is 1. The molecule has 4 nitrogen and oxygen atoms in total. The average molecular weight is 295 g/mol. The number of nitrogens with one attached hydrogen (secondary N) is 1. The summed E-state index contributed by atoms with van der Waals surface area (Å²) in [7, 11) is 0. The van der Waals surface area contributed by atoms with Gasteiger partial charge in [-0.3, -0.25) is 9.59 Å². The average Bonchev–Trinajstić information content (AvgIpc) is 2.81. The van der Waals surface area contributed by atoms with E-state index in [-0.39, 0.29) is 30.2 Å². The van der Waals surface area contributed by atoms with Gasteiger partial charge < -0.3 is 10.2 Å². The summed E-state index contributed by atoms with van der Waals surface area (Å²) in [5.74, 6) is -0.326. The normalized spacial score (nSPS) is 20.1. The fourth-order valence-electron chi connectivity index (χ4n) is 2.22. The molecule has 20 heavy (non-hydrogen) atoms. The number of halogens is 1. The lowest BCUT2D eigenvalue weighted by atomic mass is 10.1. The van der Waals surface area contributed by atoms with E-state index in [9.17, 15) is 9.59 Å². The molecular formula is C15H19ClN2O2. The van der Waals surface area contributed by atoms with Gasteiger partial charge in [0.25, 0.3) is 0 Å². The Kier molecular flexibility index (Phi) is 4.65. The van der Waals surface area contributed by atoms with Crippen LogP contribution in [0.4, 0.5) is 5.69 Å². The Morgan fingerprint density at radius 3 is 2.70 bits per heavy atom. The first kappa shape index (κ1) is 14.9. The quantitative estimate of drug-likeness (QED) is 0.928. The van der Waals surface area contributed by atoms with Crippen LogP contribution in [-0.2, 0) is 9.59 Å². The molecule has 2 atom stereocenters. The molecule has 0 spiro atoms. The summed E-state index contributed by atoms with van der Waals surface area (Å²) < 4.78 is 0. The topological polar surface area (TPSA) is 49.4 Å². The van der Waals surface area contributed by atoms with Gasteiger partial charge >= 0.3 is 0 Å². The van der Waals surface area contributed by atoms with Gasteiger partial charge in [0.1, 0.15) is 0 Å². The maximum Gasteiger partial charge on any atom is 0.227 e. The van der Waals surface area contributed by atoms with Crippen LogP contribution in [0.2, 0.25) is 5.02 Å². The zero-order valence-electron chi connectivity index (χ0n) is 11.7. The van der Waals surface area contributed by atoms with Gasteiger partial charge in [0.15, 0.2) is 0 Å². The van der Waals surface area contributed by atoms with E-state index in [1.54, 1.807) is 29.2 Å². The molecular weight excluding hydrogens is 276 g/mol. The molecule has 108 valence electrons. The van der Waals surface area contributed by atoms with Gasteiger partial charge in [0, 0.05) is 29.7 Å². The van der Waals surface area contributed by atoms with E-state index >= 15 is 0 Å². The van der Waals surface area contributed by atoms with Gasteiger partial charge in [-0.25, -0.2) is 0 Å². The second-order valence-corrected chi connectivity index (χ2v) is 5.64. The van der Waals surface area contributed by atoms with Crippen LogP contribution in [-0.4, -0.2) is 24.4 Å². The number of hydrogen-bond donors (Lipinski definition) is 1. The van der Waals surface area contributed by atoms with Crippen molar-refractivity contribution < 1.29 is 9.59 Å². The predicted octanol–water partition coefficient (Wildman–Crippen LogP) is 2.61. The highest BCUT2D eigenvalue weighted by Crippen LogP contribution is 2.26. The highest BCUT2D eigenvalue weighted by atomic mass is 35.5. The number of carbonyl (C=O) groups is 2. The Bertz CT molecular complexity index is 501. The lowest BCUT2D eigenvalue weighted by Gasteiger charge is -2.18. The molecule has 0 radical (unpaired) electrons. The van der Waals surface area contributed by atoms with Crippen molar-refractivity contribution in [3.8, 4) is 0 Å². The molecule has 1 aromatic carbocycles. The van der Waals surface area contributed by atoms with E-state index in [4.69, 9.17) is 11.6 Å². The minimum absolute atomic E-state index is 0.0170. The van der Waals surface area contributed by atoms with Crippen LogP contribution in [0, 0.1) is 5.92 Å². The number of hydrogen-bond acceptors (Lipinski definition) is 2. The predicted molar refractivity (Wildman–Crippen MR) is 79.8 cm³/mol. The molecule has 1 heterocycles. The van der Waals surface area contributed by atoms with Crippen LogP contribution < -0.4 is 10.2 Å². The minimum Gasteiger partial charge on any atom is -0.353 e. The fraction of sp³-hybridized carbons (Fsp3) is 0.467. The molecule has 2 rings (SSSR count). The van der Waals surface area contributed by atoms with Gasteiger partial charge in [0.05, 0.1) is 5.92 Å². The van der Waals surface area contributed by atoms with Crippen molar-refractivity contribution in [3.63, 3.8) is 0 Å². The number of carbonyl (C=O) groups excluding carboxylic acids is 2. The van der Waals surface area contributed by atoms with Crippen LogP contribution in [0.15, 0.2) is 24.3 Å². The summed E-state index contributed by atoms with van der Waals surface area (Å²) in [6.07, 6.45) is 1.15. The first-order valence-electron chi connectivity index (χ1n) is 6.87. The molecule has 1 N–H and O–H groups in total. The third kappa shape index (κ3) is 3.31. The third-order valence-electron chi connectivity index (χ3n) is 3.64. The second-order valence-electron chi connectivity index (χ2n) is 5.20.